The smallest absolute Gasteiger partial charge is 0.309 e. The van der Waals surface area contributed by atoms with Crippen LogP contribution in [-0.4, -0.2) is 27.7 Å². The molecule has 0 aliphatic heterocycles. The first-order valence-electron chi connectivity index (χ1n) is 5.59. The molecule has 1 N–H and O–H groups in total. The molecule has 0 spiro atoms. The van der Waals surface area contributed by atoms with E-state index in [1.54, 1.807) is 11.6 Å². The number of hydrogen-bond donors (Lipinski definition) is 1. The Balaban J connectivity index is 2.50. The number of carboxylic acids is 1. The van der Waals surface area contributed by atoms with Crippen molar-refractivity contribution in [2.24, 2.45) is 7.05 Å². The molecule has 0 saturated heterocycles. The van der Waals surface area contributed by atoms with Crippen molar-refractivity contribution in [3.8, 4) is 17.1 Å². The van der Waals surface area contributed by atoms with Crippen LogP contribution in [0.5, 0.6) is 5.75 Å². The number of carboxylic acid groups (broad SMARTS) is 1. The van der Waals surface area contributed by atoms with Gasteiger partial charge in [-0.05, 0) is 18.2 Å². The Morgan fingerprint density at radius 3 is 2.89 bits per heavy atom. The monoisotopic (exact) mass is 264 g/mol. The Morgan fingerprint density at radius 2 is 2.26 bits per heavy atom. The van der Waals surface area contributed by atoms with Gasteiger partial charge in [-0.25, -0.2) is 9.37 Å². The summed E-state index contributed by atoms with van der Waals surface area (Å²) < 4.78 is 20.1. The highest BCUT2D eigenvalue weighted by molar-refractivity contribution is 5.71. The molecule has 6 heteroatoms. The van der Waals surface area contributed by atoms with E-state index in [2.05, 4.69) is 4.98 Å². The SMILES string of the molecule is COc1ccc(F)cc1-c1ncc(CC(=O)O)n1C. The van der Waals surface area contributed by atoms with Crippen molar-refractivity contribution in [2.45, 2.75) is 6.42 Å². The van der Waals surface area contributed by atoms with Crippen LogP contribution in [0.15, 0.2) is 24.4 Å². The van der Waals surface area contributed by atoms with Gasteiger partial charge in [-0.3, -0.25) is 4.79 Å². The van der Waals surface area contributed by atoms with Crippen molar-refractivity contribution in [1.29, 1.82) is 0 Å². The lowest BCUT2D eigenvalue weighted by molar-refractivity contribution is -0.136. The van der Waals surface area contributed by atoms with Crippen LogP contribution in [0.4, 0.5) is 4.39 Å². The van der Waals surface area contributed by atoms with Crippen molar-refractivity contribution >= 4 is 5.97 Å². The van der Waals surface area contributed by atoms with Crippen LogP contribution in [0, 0.1) is 5.82 Å². The molecule has 0 saturated carbocycles. The second-order valence-corrected chi connectivity index (χ2v) is 4.05. The largest absolute Gasteiger partial charge is 0.496 e. The third-order valence-corrected chi connectivity index (χ3v) is 2.82. The average Bonchev–Trinajstić information content (AvgIpc) is 2.70. The van der Waals surface area contributed by atoms with Gasteiger partial charge in [0.15, 0.2) is 0 Å². The fourth-order valence-electron chi connectivity index (χ4n) is 1.87. The van der Waals surface area contributed by atoms with Crippen LogP contribution < -0.4 is 4.74 Å². The molecule has 0 aliphatic carbocycles. The molecular weight excluding hydrogens is 251 g/mol. The normalized spacial score (nSPS) is 10.5. The Kier molecular flexibility index (Phi) is 3.50. The maximum atomic E-state index is 13.3. The van der Waals surface area contributed by atoms with E-state index in [9.17, 15) is 9.18 Å². The number of imidazole rings is 1. The number of ether oxygens (including phenoxy) is 1. The second kappa shape index (κ2) is 5.09. The number of benzene rings is 1. The number of methoxy groups -OCH3 is 1. The van der Waals surface area contributed by atoms with Gasteiger partial charge in [0.05, 0.1) is 19.1 Å². The van der Waals surface area contributed by atoms with Crippen LogP contribution in [0.2, 0.25) is 0 Å². The summed E-state index contributed by atoms with van der Waals surface area (Å²) in [6, 6.07) is 4.12. The maximum Gasteiger partial charge on any atom is 0.309 e. The number of halogens is 1. The van der Waals surface area contributed by atoms with Gasteiger partial charge in [0.2, 0.25) is 0 Å². The van der Waals surface area contributed by atoms with Crippen LogP contribution in [0.3, 0.4) is 0 Å². The van der Waals surface area contributed by atoms with Crippen molar-refractivity contribution in [2.75, 3.05) is 7.11 Å². The predicted octanol–water partition coefficient (Wildman–Crippen LogP) is 1.86. The van der Waals surface area contributed by atoms with Gasteiger partial charge in [-0.2, -0.15) is 0 Å². The fourth-order valence-corrected chi connectivity index (χ4v) is 1.87. The molecule has 19 heavy (non-hydrogen) atoms. The molecule has 2 aromatic rings. The molecule has 2 rings (SSSR count). The maximum absolute atomic E-state index is 13.3. The van der Waals surface area contributed by atoms with E-state index in [0.29, 0.717) is 22.8 Å². The summed E-state index contributed by atoms with van der Waals surface area (Å²) in [5.41, 5.74) is 1.02. The summed E-state index contributed by atoms with van der Waals surface area (Å²) in [6.45, 7) is 0. The molecule has 0 radical (unpaired) electrons. The first-order valence-corrected chi connectivity index (χ1v) is 5.59. The van der Waals surface area contributed by atoms with E-state index in [1.165, 1.54) is 31.5 Å². The molecule has 0 amide bonds. The Bertz CT molecular complexity index is 622. The van der Waals surface area contributed by atoms with E-state index >= 15 is 0 Å². The van der Waals surface area contributed by atoms with Crippen LogP contribution in [-0.2, 0) is 18.3 Å². The Labute approximate surface area is 109 Å². The zero-order chi connectivity index (χ0) is 14.0. The molecule has 1 heterocycles. The Hall–Kier alpha value is -2.37. The van der Waals surface area contributed by atoms with Gasteiger partial charge in [-0.15, -0.1) is 0 Å². The first kappa shape index (κ1) is 13.1. The third-order valence-electron chi connectivity index (χ3n) is 2.82. The highest BCUT2D eigenvalue weighted by Gasteiger charge is 2.15. The van der Waals surface area contributed by atoms with Crippen LogP contribution in [0.25, 0.3) is 11.4 Å². The molecule has 1 aromatic heterocycles. The lowest BCUT2D eigenvalue weighted by Crippen LogP contribution is -2.06. The fraction of sp³-hybridized carbons (Fsp3) is 0.231. The van der Waals surface area contributed by atoms with Crippen molar-refractivity contribution < 1.29 is 19.0 Å². The minimum atomic E-state index is -0.944. The van der Waals surface area contributed by atoms with Crippen LogP contribution in [0.1, 0.15) is 5.69 Å². The lowest BCUT2D eigenvalue weighted by Gasteiger charge is -2.09. The highest BCUT2D eigenvalue weighted by Crippen LogP contribution is 2.29. The van der Waals surface area contributed by atoms with Gasteiger partial charge >= 0.3 is 5.97 Å². The summed E-state index contributed by atoms with van der Waals surface area (Å²) >= 11 is 0. The van der Waals surface area contributed by atoms with Gasteiger partial charge in [0, 0.05) is 18.9 Å². The molecule has 1 aromatic carbocycles. The van der Waals surface area contributed by atoms with Gasteiger partial charge in [0.1, 0.15) is 17.4 Å². The number of nitrogens with zero attached hydrogens (tertiary/aromatic N) is 2. The molecule has 0 unspecified atom stereocenters. The molecule has 0 bridgehead atoms. The quantitative estimate of drug-likeness (QED) is 0.915. The molecule has 5 nitrogen and oxygen atoms in total. The Morgan fingerprint density at radius 1 is 1.53 bits per heavy atom. The van der Waals surface area contributed by atoms with E-state index in [4.69, 9.17) is 9.84 Å². The molecule has 0 aliphatic rings. The van der Waals surface area contributed by atoms with E-state index in [-0.39, 0.29) is 6.42 Å². The zero-order valence-corrected chi connectivity index (χ0v) is 10.6. The zero-order valence-electron chi connectivity index (χ0n) is 10.6. The highest BCUT2D eigenvalue weighted by atomic mass is 19.1. The second-order valence-electron chi connectivity index (χ2n) is 4.05. The average molecular weight is 264 g/mol. The standard InChI is InChI=1S/C13H13FN2O3/c1-16-9(6-12(17)18)7-15-13(16)10-5-8(14)3-4-11(10)19-2/h3-5,7H,6H2,1-2H3,(H,17,18). The van der Waals surface area contributed by atoms with E-state index < -0.39 is 11.8 Å². The summed E-state index contributed by atoms with van der Waals surface area (Å²) in [5, 5.41) is 8.79. The molecule has 100 valence electrons. The number of aliphatic carboxylic acids is 1. The minimum absolute atomic E-state index is 0.138. The van der Waals surface area contributed by atoms with Crippen molar-refractivity contribution in [3.63, 3.8) is 0 Å². The van der Waals surface area contributed by atoms with Crippen molar-refractivity contribution in [1.82, 2.24) is 9.55 Å². The topological polar surface area (TPSA) is 64.3 Å². The minimum Gasteiger partial charge on any atom is -0.496 e. The van der Waals surface area contributed by atoms with Crippen molar-refractivity contribution in [3.05, 3.63) is 35.9 Å². The molecule has 0 atom stereocenters. The van der Waals surface area contributed by atoms with Gasteiger partial charge in [-0.1, -0.05) is 0 Å². The summed E-state index contributed by atoms with van der Waals surface area (Å²) in [7, 11) is 3.17. The van der Waals surface area contributed by atoms with E-state index in [0.717, 1.165) is 0 Å². The molecule has 0 fully saturated rings. The third kappa shape index (κ3) is 2.57. The van der Waals surface area contributed by atoms with Crippen LogP contribution >= 0.6 is 0 Å². The van der Waals surface area contributed by atoms with E-state index in [1.807, 2.05) is 0 Å². The van der Waals surface area contributed by atoms with Gasteiger partial charge < -0.3 is 14.4 Å². The predicted molar refractivity (Wildman–Crippen MR) is 66.5 cm³/mol. The number of carbonyl (C=O) groups is 1. The number of aromatic nitrogens is 2. The summed E-state index contributed by atoms with van der Waals surface area (Å²) in [5.74, 6) is -0.399. The molecular formula is C13H13FN2O3. The number of rotatable bonds is 4. The van der Waals surface area contributed by atoms with Gasteiger partial charge in [0.25, 0.3) is 0 Å². The first-order chi connectivity index (χ1) is 9.02. The number of hydrogen-bond acceptors (Lipinski definition) is 3. The summed E-state index contributed by atoms with van der Waals surface area (Å²) in [6.07, 6.45) is 1.33. The lowest BCUT2D eigenvalue weighted by atomic mass is 10.2. The summed E-state index contributed by atoms with van der Waals surface area (Å²) in [4.78, 5) is 14.9.